The lowest BCUT2D eigenvalue weighted by Crippen LogP contribution is -2.43. The zero-order valence-electron chi connectivity index (χ0n) is 12.9. The highest BCUT2D eigenvalue weighted by Crippen LogP contribution is 2.28. The van der Waals surface area contributed by atoms with E-state index in [-0.39, 0.29) is 11.8 Å². The topological polar surface area (TPSA) is 62.2 Å². The first-order valence-electron chi connectivity index (χ1n) is 7.22. The van der Waals surface area contributed by atoms with Crippen LogP contribution in [0.4, 0.5) is 5.82 Å². The van der Waals surface area contributed by atoms with Crippen molar-refractivity contribution in [1.82, 2.24) is 20.4 Å². The Morgan fingerprint density at radius 1 is 1.45 bits per heavy atom. The van der Waals surface area contributed by atoms with Crippen LogP contribution < -0.4 is 15.5 Å². The number of aryl methyl sites for hydroxylation is 2. The third kappa shape index (κ3) is 2.80. The van der Waals surface area contributed by atoms with E-state index in [0.717, 1.165) is 44.0 Å². The standard InChI is InChI=1S/C14H25N5O/c1-10-12(8-15-2)14(18(4)17-10)19-7-5-6-11(9-19)13(20)16-3/h11,15H,5-9H2,1-4H3,(H,16,20). The number of anilines is 1. The highest BCUT2D eigenvalue weighted by Gasteiger charge is 2.28. The van der Waals surface area contributed by atoms with Crippen molar-refractivity contribution in [3.05, 3.63) is 11.3 Å². The van der Waals surface area contributed by atoms with Crippen molar-refractivity contribution in [3.63, 3.8) is 0 Å². The molecule has 1 aromatic heterocycles. The van der Waals surface area contributed by atoms with Crippen molar-refractivity contribution in [1.29, 1.82) is 0 Å². The molecule has 1 unspecified atom stereocenters. The Balaban J connectivity index is 2.24. The summed E-state index contributed by atoms with van der Waals surface area (Å²) in [6.07, 6.45) is 2.01. The minimum atomic E-state index is 0.0754. The minimum Gasteiger partial charge on any atom is -0.359 e. The summed E-state index contributed by atoms with van der Waals surface area (Å²) in [6, 6.07) is 0. The maximum atomic E-state index is 11.9. The summed E-state index contributed by atoms with van der Waals surface area (Å²) >= 11 is 0. The fraction of sp³-hybridized carbons (Fsp3) is 0.714. The molecule has 0 spiro atoms. The predicted molar refractivity (Wildman–Crippen MR) is 79.7 cm³/mol. The molecule has 2 heterocycles. The van der Waals surface area contributed by atoms with Crippen LogP contribution in [0, 0.1) is 12.8 Å². The van der Waals surface area contributed by atoms with Crippen molar-refractivity contribution in [3.8, 4) is 0 Å². The van der Waals surface area contributed by atoms with E-state index in [9.17, 15) is 4.79 Å². The zero-order chi connectivity index (χ0) is 14.7. The molecule has 6 heteroatoms. The van der Waals surface area contributed by atoms with Crippen LogP contribution >= 0.6 is 0 Å². The average molecular weight is 279 g/mol. The van der Waals surface area contributed by atoms with Gasteiger partial charge in [-0.25, -0.2) is 0 Å². The molecule has 20 heavy (non-hydrogen) atoms. The first kappa shape index (κ1) is 14.8. The van der Waals surface area contributed by atoms with Crippen molar-refractivity contribution >= 4 is 11.7 Å². The predicted octanol–water partition coefficient (Wildman–Crippen LogP) is 0.410. The summed E-state index contributed by atoms with van der Waals surface area (Å²) in [4.78, 5) is 14.2. The monoisotopic (exact) mass is 279 g/mol. The second-order valence-corrected chi connectivity index (χ2v) is 5.44. The van der Waals surface area contributed by atoms with Gasteiger partial charge in [0, 0.05) is 39.3 Å². The number of piperidine rings is 1. The Hall–Kier alpha value is -1.56. The molecule has 2 N–H and O–H groups in total. The van der Waals surface area contributed by atoms with E-state index in [1.807, 2.05) is 25.7 Å². The highest BCUT2D eigenvalue weighted by atomic mass is 16.1. The number of nitrogens with zero attached hydrogens (tertiary/aromatic N) is 3. The number of hydrogen-bond acceptors (Lipinski definition) is 4. The molecule has 1 atom stereocenters. The second-order valence-electron chi connectivity index (χ2n) is 5.44. The zero-order valence-corrected chi connectivity index (χ0v) is 12.9. The van der Waals surface area contributed by atoms with E-state index in [1.54, 1.807) is 7.05 Å². The minimum absolute atomic E-state index is 0.0754. The first-order chi connectivity index (χ1) is 9.58. The summed E-state index contributed by atoms with van der Waals surface area (Å²) in [5.41, 5.74) is 2.28. The molecule has 1 aliphatic heterocycles. The van der Waals surface area contributed by atoms with Crippen LogP contribution in [0.25, 0.3) is 0 Å². The Morgan fingerprint density at radius 3 is 2.85 bits per heavy atom. The molecule has 0 saturated carbocycles. The summed E-state index contributed by atoms with van der Waals surface area (Å²) in [5, 5.41) is 10.5. The van der Waals surface area contributed by atoms with Crippen LogP contribution in [0.1, 0.15) is 24.1 Å². The molecule has 0 aliphatic carbocycles. The van der Waals surface area contributed by atoms with E-state index in [2.05, 4.69) is 20.6 Å². The summed E-state index contributed by atoms with van der Waals surface area (Å²) < 4.78 is 1.94. The molecule has 6 nitrogen and oxygen atoms in total. The van der Waals surface area contributed by atoms with Gasteiger partial charge in [0.25, 0.3) is 0 Å². The average Bonchev–Trinajstić information content (AvgIpc) is 2.73. The molecule has 0 aromatic carbocycles. The lowest BCUT2D eigenvalue weighted by atomic mass is 9.97. The number of carbonyl (C=O) groups is 1. The van der Waals surface area contributed by atoms with E-state index in [1.165, 1.54) is 5.56 Å². The van der Waals surface area contributed by atoms with Crippen molar-refractivity contribution in [2.75, 3.05) is 32.1 Å². The molecule has 0 bridgehead atoms. The second kappa shape index (κ2) is 6.26. The van der Waals surface area contributed by atoms with Gasteiger partial charge in [0.2, 0.25) is 5.91 Å². The quantitative estimate of drug-likeness (QED) is 0.838. The molecule has 2 rings (SSSR count). The van der Waals surface area contributed by atoms with Crippen LogP contribution in [-0.4, -0.2) is 42.9 Å². The van der Waals surface area contributed by atoms with Gasteiger partial charge in [-0.1, -0.05) is 0 Å². The Kier molecular flexibility index (Phi) is 4.65. The van der Waals surface area contributed by atoms with Crippen LogP contribution in [0.2, 0.25) is 0 Å². The van der Waals surface area contributed by atoms with Gasteiger partial charge in [-0.05, 0) is 26.8 Å². The lowest BCUT2D eigenvalue weighted by molar-refractivity contribution is -0.124. The van der Waals surface area contributed by atoms with Crippen LogP contribution in [0.15, 0.2) is 0 Å². The van der Waals surface area contributed by atoms with Gasteiger partial charge in [-0.3, -0.25) is 9.48 Å². The smallest absolute Gasteiger partial charge is 0.224 e. The number of rotatable bonds is 4. The van der Waals surface area contributed by atoms with E-state index in [4.69, 9.17) is 0 Å². The summed E-state index contributed by atoms with van der Waals surface area (Å²) in [6.45, 7) is 4.60. The maximum Gasteiger partial charge on any atom is 0.224 e. The fourth-order valence-corrected chi connectivity index (χ4v) is 3.06. The number of nitrogens with one attached hydrogen (secondary N) is 2. The van der Waals surface area contributed by atoms with E-state index < -0.39 is 0 Å². The molecular formula is C14H25N5O. The van der Waals surface area contributed by atoms with Crippen molar-refractivity contribution < 1.29 is 4.79 Å². The van der Waals surface area contributed by atoms with Gasteiger partial charge in [0.05, 0.1) is 11.6 Å². The summed E-state index contributed by atoms with van der Waals surface area (Å²) in [7, 11) is 5.63. The molecular weight excluding hydrogens is 254 g/mol. The molecule has 1 aromatic rings. The highest BCUT2D eigenvalue weighted by molar-refractivity contribution is 5.79. The summed E-state index contributed by atoms with van der Waals surface area (Å²) in [5.74, 6) is 1.36. The SMILES string of the molecule is CNCc1c(C)nn(C)c1N1CCCC(C(=O)NC)C1. The molecule has 0 radical (unpaired) electrons. The number of carbonyl (C=O) groups excluding carboxylic acids is 1. The third-order valence-electron chi connectivity index (χ3n) is 4.00. The molecule has 1 amide bonds. The number of amides is 1. The largest absolute Gasteiger partial charge is 0.359 e. The Morgan fingerprint density at radius 2 is 2.20 bits per heavy atom. The molecule has 1 saturated heterocycles. The number of aromatic nitrogens is 2. The van der Waals surface area contributed by atoms with Crippen LogP contribution in [0.3, 0.4) is 0 Å². The van der Waals surface area contributed by atoms with Crippen LogP contribution in [0.5, 0.6) is 0 Å². The first-order valence-corrected chi connectivity index (χ1v) is 7.22. The van der Waals surface area contributed by atoms with Gasteiger partial charge in [0.15, 0.2) is 0 Å². The third-order valence-corrected chi connectivity index (χ3v) is 4.00. The van der Waals surface area contributed by atoms with Crippen molar-refractivity contribution in [2.45, 2.75) is 26.3 Å². The lowest BCUT2D eigenvalue weighted by Gasteiger charge is -2.34. The van der Waals surface area contributed by atoms with Gasteiger partial charge in [-0.15, -0.1) is 0 Å². The van der Waals surface area contributed by atoms with Gasteiger partial charge in [-0.2, -0.15) is 5.10 Å². The normalized spacial score (nSPS) is 19.2. The number of hydrogen-bond donors (Lipinski definition) is 2. The van der Waals surface area contributed by atoms with Gasteiger partial charge in [0.1, 0.15) is 5.82 Å². The van der Waals surface area contributed by atoms with E-state index in [0.29, 0.717) is 0 Å². The molecule has 1 fully saturated rings. The Bertz CT molecular complexity index is 482. The molecule has 112 valence electrons. The van der Waals surface area contributed by atoms with E-state index >= 15 is 0 Å². The Labute approximate surface area is 120 Å². The van der Waals surface area contributed by atoms with Crippen LogP contribution in [-0.2, 0) is 18.4 Å². The van der Waals surface area contributed by atoms with Gasteiger partial charge < -0.3 is 15.5 Å². The molecule has 1 aliphatic rings. The van der Waals surface area contributed by atoms with Crippen molar-refractivity contribution in [2.24, 2.45) is 13.0 Å². The maximum absolute atomic E-state index is 11.9. The van der Waals surface area contributed by atoms with Gasteiger partial charge >= 0.3 is 0 Å². The fourth-order valence-electron chi connectivity index (χ4n) is 3.06.